The SMILES string of the molecule is Cc1cc(NC(=O)CN2C(=O)C3C4C=CC(C4)C3C2=O)n(Cc2ccccc2)n1. The summed E-state index contributed by atoms with van der Waals surface area (Å²) in [7, 11) is 0. The normalized spacial score (nSPS) is 27.0. The topological polar surface area (TPSA) is 84.3 Å². The highest BCUT2D eigenvalue weighted by Crippen LogP contribution is 2.52. The summed E-state index contributed by atoms with van der Waals surface area (Å²) < 4.78 is 1.72. The molecule has 148 valence electrons. The number of aryl methyl sites for hydroxylation is 1. The van der Waals surface area contributed by atoms with Gasteiger partial charge >= 0.3 is 0 Å². The number of hydrogen-bond acceptors (Lipinski definition) is 4. The lowest BCUT2D eigenvalue weighted by Gasteiger charge is -2.17. The molecular formula is C22H22N4O3. The smallest absolute Gasteiger partial charge is 0.245 e. The number of aromatic nitrogens is 2. The fraction of sp³-hybridized carbons (Fsp3) is 0.364. The summed E-state index contributed by atoms with van der Waals surface area (Å²) in [5, 5.41) is 7.26. The molecule has 4 unspecified atom stereocenters. The summed E-state index contributed by atoms with van der Waals surface area (Å²) in [4.78, 5) is 39.3. The van der Waals surface area contributed by atoms with Crippen molar-refractivity contribution < 1.29 is 14.4 Å². The third-order valence-electron chi connectivity index (χ3n) is 6.21. The van der Waals surface area contributed by atoms with E-state index in [1.165, 1.54) is 0 Å². The van der Waals surface area contributed by atoms with Gasteiger partial charge < -0.3 is 5.32 Å². The highest BCUT2D eigenvalue weighted by molar-refractivity contribution is 6.09. The van der Waals surface area contributed by atoms with Gasteiger partial charge in [-0.3, -0.25) is 19.3 Å². The van der Waals surface area contributed by atoms with E-state index in [0.29, 0.717) is 12.4 Å². The molecule has 2 bridgehead atoms. The molecule has 1 aromatic heterocycles. The Balaban J connectivity index is 1.28. The first kappa shape index (κ1) is 17.8. The quantitative estimate of drug-likeness (QED) is 0.625. The van der Waals surface area contributed by atoms with Crippen molar-refractivity contribution in [2.75, 3.05) is 11.9 Å². The van der Waals surface area contributed by atoms with Gasteiger partial charge in [0.25, 0.3) is 0 Å². The van der Waals surface area contributed by atoms with Crippen LogP contribution in [0.25, 0.3) is 0 Å². The molecule has 5 rings (SSSR count). The van der Waals surface area contributed by atoms with Crippen molar-refractivity contribution in [3.8, 4) is 0 Å². The predicted octanol–water partition coefficient (Wildman–Crippen LogP) is 1.99. The van der Waals surface area contributed by atoms with Gasteiger partial charge in [0.05, 0.1) is 24.1 Å². The minimum atomic E-state index is -0.388. The summed E-state index contributed by atoms with van der Waals surface area (Å²) in [6.45, 7) is 2.12. The lowest BCUT2D eigenvalue weighted by Crippen LogP contribution is -2.39. The van der Waals surface area contributed by atoms with Gasteiger partial charge in [-0.1, -0.05) is 42.5 Å². The van der Waals surface area contributed by atoms with Crippen molar-refractivity contribution in [2.24, 2.45) is 23.7 Å². The van der Waals surface area contributed by atoms with Gasteiger partial charge in [0.2, 0.25) is 17.7 Å². The molecule has 0 radical (unpaired) electrons. The third-order valence-corrected chi connectivity index (χ3v) is 6.21. The van der Waals surface area contributed by atoms with Gasteiger partial charge in [-0.05, 0) is 30.7 Å². The fourth-order valence-electron chi connectivity index (χ4n) is 4.97. The number of rotatable bonds is 5. The van der Waals surface area contributed by atoms with Crippen LogP contribution < -0.4 is 5.32 Å². The van der Waals surface area contributed by atoms with E-state index in [1.54, 1.807) is 10.7 Å². The van der Waals surface area contributed by atoms with Crippen LogP contribution in [0.2, 0.25) is 0 Å². The molecule has 2 aromatic rings. The molecule has 2 heterocycles. The largest absolute Gasteiger partial charge is 0.309 e. The molecule has 1 aliphatic heterocycles. The summed E-state index contributed by atoms with van der Waals surface area (Å²) >= 11 is 0. The maximum Gasteiger partial charge on any atom is 0.245 e. The zero-order valence-corrected chi connectivity index (χ0v) is 16.1. The first-order valence-electron chi connectivity index (χ1n) is 9.93. The molecule has 4 atom stereocenters. The van der Waals surface area contributed by atoms with Crippen LogP contribution in [0.15, 0.2) is 48.6 Å². The molecule has 1 saturated heterocycles. The summed E-state index contributed by atoms with van der Waals surface area (Å²) in [5.41, 5.74) is 1.84. The van der Waals surface area contributed by atoms with E-state index in [1.807, 2.05) is 49.4 Å². The summed E-state index contributed by atoms with van der Waals surface area (Å²) in [6.07, 6.45) is 4.97. The van der Waals surface area contributed by atoms with E-state index < -0.39 is 0 Å². The number of nitrogens with zero attached hydrogens (tertiary/aromatic N) is 3. The first-order chi connectivity index (χ1) is 14.0. The Morgan fingerprint density at radius 2 is 1.76 bits per heavy atom. The van der Waals surface area contributed by atoms with Crippen LogP contribution in [0.4, 0.5) is 5.82 Å². The monoisotopic (exact) mass is 390 g/mol. The Kier molecular flexibility index (Phi) is 4.12. The standard InChI is InChI=1S/C22H22N4O3/c1-13-9-17(26(24-13)11-14-5-3-2-4-6-14)23-18(27)12-25-21(28)19-15-7-8-16(10-15)20(19)22(25)29/h2-9,15-16,19-20H,10-12H2,1H3,(H,23,27). The lowest BCUT2D eigenvalue weighted by molar-refractivity contribution is -0.143. The summed E-state index contributed by atoms with van der Waals surface area (Å²) in [6, 6.07) is 11.6. The number of hydrogen-bond donors (Lipinski definition) is 1. The second kappa shape index (κ2) is 6.69. The number of carbonyl (C=O) groups is 3. The fourth-order valence-corrected chi connectivity index (χ4v) is 4.97. The Morgan fingerprint density at radius 1 is 1.10 bits per heavy atom. The molecule has 1 aromatic carbocycles. The highest BCUT2D eigenvalue weighted by Gasteiger charge is 2.59. The Labute approximate surface area is 168 Å². The van der Waals surface area contributed by atoms with Crippen molar-refractivity contribution >= 4 is 23.5 Å². The average Bonchev–Trinajstić information content (AvgIpc) is 3.44. The number of likely N-dealkylation sites (tertiary alicyclic amines) is 1. The number of allylic oxidation sites excluding steroid dienone is 2. The Morgan fingerprint density at radius 3 is 2.41 bits per heavy atom. The van der Waals surface area contributed by atoms with E-state index in [9.17, 15) is 14.4 Å². The maximum absolute atomic E-state index is 12.8. The maximum atomic E-state index is 12.8. The molecule has 3 amide bonds. The molecule has 7 nitrogen and oxygen atoms in total. The van der Waals surface area contributed by atoms with Crippen molar-refractivity contribution in [3.05, 3.63) is 59.8 Å². The lowest BCUT2D eigenvalue weighted by atomic mass is 9.85. The molecule has 2 fully saturated rings. The van der Waals surface area contributed by atoms with Crippen molar-refractivity contribution in [1.82, 2.24) is 14.7 Å². The van der Waals surface area contributed by atoms with Crippen molar-refractivity contribution in [3.63, 3.8) is 0 Å². The van der Waals surface area contributed by atoms with Crippen LogP contribution in [0.5, 0.6) is 0 Å². The number of benzene rings is 1. The molecule has 7 heteroatoms. The predicted molar refractivity (Wildman–Crippen MR) is 106 cm³/mol. The Hall–Kier alpha value is -3.22. The highest BCUT2D eigenvalue weighted by atomic mass is 16.2. The zero-order chi connectivity index (χ0) is 20.1. The first-order valence-corrected chi connectivity index (χ1v) is 9.93. The molecule has 29 heavy (non-hydrogen) atoms. The number of amides is 3. The molecule has 1 saturated carbocycles. The van der Waals surface area contributed by atoms with Crippen LogP contribution in [0.3, 0.4) is 0 Å². The van der Waals surface area contributed by atoms with Crippen molar-refractivity contribution in [2.45, 2.75) is 19.9 Å². The molecule has 3 aliphatic rings. The number of anilines is 1. The van der Waals surface area contributed by atoms with Gasteiger partial charge in [0.15, 0.2) is 0 Å². The molecular weight excluding hydrogens is 368 g/mol. The minimum absolute atomic E-state index is 0.143. The van der Waals surface area contributed by atoms with E-state index in [-0.39, 0.29) is 47.9 Å². The van der Waals surface area contributed by atoms with Crippen LogP contribution in [0.1, 0.15) is 17.7 Å². The number of fused-ring (bicyclic) bond motifs is 5. The molecule has 2 aliphatic carbocycles. The van der Waals surface area contributed by atoms with Gasteiger partial charge in [0, 0.05) is 6.07 Å². The van der Waals surface area contributed by atoms with Crippen LogP contribution in [-0.2, 0) is 20.9 Å². The van der Waals surface area contributed by atoms with Gasteiger partial charge in [-0.2, -0.15) is 5.10 Å². The third kappa shape index (κ3) is 2.97. The molecule has 0 spiro atoms. The van der Waals surface area contributed by atoms with E-state index in [0.717, 1.165) is 22.6 Å². The van der Waals surface area contributed by atoms with Crippen molar-refractivity contribution in [1.29, 1.82) is 0 Å². The van der Waals surface area contributed by atoms with Gasteiger partial charge in [-0.25, -0.2) is 4.68 Å². The Bertz CT molecular complexity index is 996. The average molecular weight is 390 g/mol. The zero-order valence-electron chi connectivity index (χ0n) is 16.1. The number of carbonyl (C=O) groups excluding carboxylic acids is 3. The second-order valence-corrected chi connectivity index (χ2v) is 8.12. The van der Waals surface area contributed by atoms with E-state index in [4.69, 9.17) is 0 Å². The minimum Gasteiger partial charge on any atom is -0.309 e. The van der Waals surface area contributed by atoms with Crippen LogP contribution in [0, 0.1) is 30.6 Å². The van der Waals surface area contributed by atoms with Gasteiger partial charge in [0.1, 0.15) is 12.4 Å². The van der Waals surface area contributed by atoms with E-state index >= 15 is 0 Å². The van der Waals surface area contributed by atoms with Crippen LogP contribution in [-0.4, -0.2) is 38.9 Å². The molecule has 1 N–H and O–H groups in total. The van der Waals surface area contributed by atoms with E-state index in [2.05, 4.69) is 10.4 Å². The summed E-state index contributed by atoms with van der Waals surface area (Å²) in [5.74, 6) is -0.526. The van der Waals surface area contributed by atoms with Gasteiger partial charge in [-0.15, -0.1) is 0 Å². The number of nitrogens with one attached hydrogen (secondary N) is 1. The second-order valence-electron chi connectivity index (χ2n) is 8.12. The van der Waals surface area contributed by atoms with Crippen LogP contribution >= 0.6 is 0 Å². The number of imide groups is 1.